The molecule has 4 aromatic rings. The first-order valence-corrected chi connectivity index (χ1v) is 16.8. The summed E-state index contributed by atoms with van der Waals surface area (Å²) in [7, 11) is -3.68. The molecule has 0 saturated carbocycles. The zero-order valence-corrected chi connectivity index (χ0v) is 25.0. The minimum absolute atomic E-state index is 0.280. The van der Waals surface area contributed by atoms with E-state index in [0.717, 1.165) is 23.9 Å². The molecule has 5 rings (SSSR count). The van der Waals surface area contributed by atoms with Crippen molar-refractivity contribution in [2.24, 2.45) is 5.92 Å². The molecule has 3 aromatic carbocycles. The zero-order chi connectivity index (χ0) is 28.5. The van der Waals surface area contributed by atoms with E-state index in [1.54, 1.807) is 12.1 Å². The molecular formula is C35H43N3O2S. The van der Waals surface area contributed by atoms with Gasteiger partial charge in [0, 0.05) is 36.9 Å². The van der Waals surface area contributed by atoms with Crippen LogP contribution in [0.25, 0.3) is 10.8 Å². The first-order valence-electron chi connectivity index (χ1n) is 15.3. The van der Waals surface area contributed by atoms with Gasteiger partial charge in [0.1, 0.15) is 0 Å². The Balaban J connectivity index is 1.27. The maximum absolute atomic E-state index is 13.2. The number of aromatic nitrogens is 1. The summed E-state index contributed by atoms with van der Waals surface area (Å²) < 4.78 is 29.2. The van der Waals surface area contributed by atoms with Crippen LogP contribution >= 0.6 is 0 Å². The summed E-state index contributed by atoms with van der Waals surface area (Å²) in [5.74, 6) is 1.12. The maximum Gasteiger partial charge on any atom is 0.261 e. The fourth-order valence-corrected chi connectivity index (χ4v) is 7.37. The number of piperidine rings is 1. The third-order valence-corrected chi connectivity index (χ3v) is 10.0. The molecule has 1 unspecified atom stereocenters. The van der Waals surface area contributed by atoms with Crippen LogP contribution in [-0.4, -0.2) is 26.5 Å². The van der Waals surface area contributed by atoms with Crippen LogP contribution in [0.3, 0.4) is 0 Å². The number of hydrogen-bond donors (Lipinski definition) is 1. The van der Waals surface area contributed by atoms with Crippen molar-refractivity contribution in [1.29, 1.82) is 0 Å². The molecule has 0 aliphatic carbocycles. The molecule has 5 nitrogen and oxygen atoms in total. The first kappa shape index (κ1) is 29.1. The highest BCUT2D eigenvalue weighted by Gasteiger charge is 2.28. The van der Waals surface area contributed by atoms with Crippen LogP contribution in [0.5, 0.6) is 0 Å². The summed E-state index contributed by atoms with van der Waals surface area (Å²) in [6.07, 6.45) is 15.0. The van der Waals surface area contributed by atoms with Gasteiger partial charge >= 0.3 is 0 Å². The molecule has 1 aliphatic heterocycles. The maximum atomic E-state index is 13.2. The molecule has 41 heavy (non-hydrogen) atoms. The average molecular weight is 570 g/mol. The molecule has 1 saturated heterocycles. The number of sulfonamides is 1. The second-order valence-electron chi connectivity index (χ2n) is 11.4. The first-order chi connectivity index (χ1) is 20.0. The highest BCUT2D eigenvalue weighted by molar-refractivity contribution is 7.92. The number of anilines is 2. The average Bonchev–Trinajstić information content (AvgIpc) is 3.01. The Hall–Kier alpha value is -3.38. The smallest absolute Gasteiger partial charge is 0.261 e. The molecule has 216 valence electrons. The quantitative estimate of drug-likeness (QED) is 0.163. The van der Waals surface area contributed by atoms with E-state index in [0.29, 0.717) is 17.5 Å². The van der Waals surface area contributed by atoms with Crippen molar-refractivity contribution in [3.05, 3.63) is 96.8 Å². The molecule has 0 bridgehead atoms. The van der Waals surface area contributed by atoms with Crippen LogP contribution in [-0.2, 0) is 10.0 Å². The minimum atomic E-state index is -3.68. The van der Waals surface area contributed by atoms with Crippen LogP contribution in [0.1, 0.15) is 76.2 Å². The Kier molecular flexibility index (Phi) is 9.94. The molecule has 0 spiro atoms. The molecule has 1 fully saturated rings. The lowest BCUT2D eigenvalue weighted by atomic mass is 9.77. The van der Waals surface area contributed by atoms with Crippen LogP contribution in [0.4, 0.5) is 11.4 Å². The Morgan fingerprint density at radius 1 is 0.829 bits per heavy atom. The van der Waals surface area contributed by atoms with E-state index in [-0.39, 0.29) is 4.90 Å². The Bertz CT molecular complexity index is 1480. The SMILES string of the molecule is CCCCCCCCC(c1ccc(NS(=O)(=O)c2ccc3ccccc3c2)cc1)C1CCN(c2ccncc2)CC1. The molecule has 0 amide bonds. The third-order valence-electron chi connectivity index (χ3n) is 8.63. The summed E-state index contributed by atoms with van der Waals surface area (Å²) in [5.41, 5.74) is 3.19. The Labute approximate surface area is 246 Å². The van der Waals surface area contributed by atoms with Gasteiger partial charge in [-0.05, 0) is 83.8 Å². The highest BCUT2D eigenvalue weighted by Crippen LogP contribution is 2.38. The summed E-state index contributed by atoms with van der Waals surface area (Å²) in [5, 5.41) is 1.94. The van der Waals surface area contributed by atoms with Crippen LogP contribution in [0, 0.1) is 5.92 Å². The van der Waals surface area contributed by atoms with Crippen LogP contribution in [0.15, 0.2) is 96.2 Å². The van der Waals surface area contributed by atoms with Gasteiger partial charge in [0.15, 0.2) is 0 Å². The Morgan fingerprint density at radius 2 is 1.51 bits per heavy atom. The third kappa shape index (κ3) is 7.68. The highest BCUT2D eigenvalue weighted by atomic mass is 32.2. The summed E-state index contributed by atoms with van der Waals surface area (Å²) in [6, 6.07) is 25.5. The summed E-state index contributed by atoms with van der Waals surface area (Å²) >= 11 is 0. The topological polar surface area (TPSA) is 62.3 Å². The Morgan fingerprint density at radius 3 is 2.24 bits per heavy atom. The molecule has 1 aromatic heterocycles. The normalized spacial score (nSPS) is 15.2. The minimum Gasteiger partial charge on any atom is -0.371 e. The van der Waals surface area contributed by atoms with E-state index in [9.17, 15) is 8.42 Å². The number of hydrogen-bond acceptors (Lipinski definition) is 4. The molecule has 1 N–H and O–H groups in total. The monoisotopic (exact) mass is 569 g/mol. The van der Waals surface area contributed by atoms with Gasteiger partial charge in [0.05, 0.1) is 4.90 Å². The second kappa shape index (κ2) is 14.0. The van der Waals surface area contributed by atoms with Gasteiger partial charge in [-0.3, -0.25) is 9.71 Å². The van der Waals surface area contributed by atoms with Gasteiger partial charge in [-0.15, -0.1) is 0 Å². The van der Waals surface area contributed by atoms with Crippen molar-refractivity contribution in [2.45, 2.75) is 75.5 Å². The van der Waals surface area contributed by atoms with Crippen molar-refractivity contribution in [3.63, 3.8) is 0 Å². The number of nitrogens with one attached hydrogen (secondary N) is 1. The van der Waals surface area contributed by atoms with Gasteiger partial charge in [-0.25, -0.2) is 8.42 Å². The number of unbranched alkanes of at least 4 members (excludes halogenated alkanes) is 5. The summed E-state index contributed by atoms with van der Waals surface area (Å²) in [4.78, 5) is 6.93. The zero-order valence-electron chi connectivity index (χ0n) is 24.2. The lowest BCUT2D eigenvalue weighted by Crippen LogP contribution is -2.35. The number of nitrogens with zero attached hydrogens (tertiary/aromatic N) is 2. The van der Waals surface area contributed by atoms with Crippen molar-refractivity contribution < 1.29 is 8.42 Å². The van der Waals surface area contributed by atoms with Crippen LogP contribution < -0.4 is 9.62 Å². The van der Waals surface area contributed by atoms with Crippen molar-refractivity contribution in [1.82, 2.24) is 4.98 Å². The standard InChI is InChI=1S/C35H43N3O2S/c1-2-3-4-5-6-7-12-35(30-21-25-38(26-22-30)33-19-23-36-24-20-33)29-13-16-32(17-14-29)37-41(39,40)34-18-15-28-10-8-9-11-31(28)27-34/h8-11,13-20,23-24,27,30,35,37H,2-7,12,21-22,25-26H2,1H3. The van der Waals surface area contributed by atoms with E-state index in [1.807, 2.05) is 54.9 Å². The van der Waals surface area contributed by atoms with Crippen molar-refractivity contribution in [2.75, 3.05) is 22.7 Å². The van der Waals surface area contributed by atoms with E-state index in [4.69, 9.17) is 0 Å². The van der Waals surface area contributed by atoms with Gasteiger partial charge in [0.25, 0.3) is 10.0 Å². The number of fused-ring (bicyclic) bond motifs is 1. The number of pyridine rings is 1. The van der Waals surface area contributed by atoms with Gasteiger partial charge in [-0.2, -0.15) is 0 Å². The lowest BCUT2D eigenvalue weighted by molar-refractivity contribution is 0.320. The fourth-order valence-electron chi connectivity index (χ4n) is 6.28. The lowest BCUT2D eigenvalue weighted by Gasteiger charge is -2.37. The molecular weight excluding hydrogens is 526 g/mol. The van der Waals surface area contributed by atoms with E-state index >= 15 is 0 Å². The summed E-state index contributed by atoms with van der Waals surface area (Å²) in [6.45, 7) is 4.39. The fraction of sp³-hybridized carbons (Fsp3) is 0.400. The number of benzene rings is 3. The van der Waals surface area contributed by atoms with Crippen LogP contribution in [0.2, 0.25) is 0 Å². The molecule has 1 atom stereocenters. The second-order valence-corrected chi connectivity index (χ2v) is 13.1. The van der Waals surface area contributed by atoms with E-state index in [2.05, 4.69) is 45.8 Å². The molecule has 1 aliphatic rings. The molecule has 6 heteroatoms. The molecule has 0 radical (unpaired) electrons. The van der Waals surface area contributed by atoms with Gasteiger partial charge < -0.3 is 4.90 Å². The van der Waals surface area contributed by atoms with E-state index < -0.39 is 10.0 Å². The van der Waals surface area contributed by atoms with Crippen molar-refractivity contribution in [3.8, 4) is 0 Å². The van der Waals surface area contributed by atoms with Gasteiger partial charge in [-0.1, -0.05) is 87.9 Å². The predicted octanol–water partition coefficient (Wildman–Crippen LogP) is 8.79. The van der Waals surface area contributed by atoms with E-state index in [1.165, 1.54) is 69.0 Å². The predicted molar refractivity (Wildman–Crippen MR) is 171 cm³/mol. The van der Waals surface area contributed by atoms with Crippen molar-refractivity contribution >= 4 is 32.2 Å². The molecule has 2 heterocycles. The van der Waals surface area contributed by atoms with Gasteiger partial charge in [0.2, 0.25) is 0 Å². The largest absolute Gasteiger partial charge is 0.371 e. The number of rotatable bonds is 13.